The third kappa shape index (κ3) is 4.78. The number of hydrogen-bond donors (Lipinski definition) is 2. The van der Waals surface area contributed by atoms with E-state index in [-0.39, 0.29) is 11.6 Å². The van der Waals surface area contributed by atoms with Crippen LogP contribution < -0.4 is 10.9 Å². The summed E-state index contributed by atoms with van der Waals surface area (Å²) in [5.41, 5.74) is 2.63. The van der Waals surface area contributed by atoms with Crippen LogP contribution in [0.15, 0.2) is 53.5 Å². The number of aromatic nitrogens is 3. The summed E-state index contributed by atoms with van der Waals surface area (Å²) in [6.45, 7) is 1.90. The molecular weight excluding hydrogens is 460 g/mol. The largest absolute Gasteiger partial charge is 0.379 e. The highest BCUT2D eigenvalue weighted by atomic mass is 35.5. The fourth-order valence-corrected chi connectivity index (χ4v) is 4.53. The van der Waals surface area contributed by atoms with Crippen LogP contribution in [0.25, 0.3) is 22.2 Å². The van der Waals surface area contributed by atoms with Crippen molar-refractivity contribution in [1.29, 1.82) is 0 Å². The highest BCUT2D eigenvalue weighted by Gasteiger charge is 2.21. The van der Waals surface area contributed by atoms with Gasteiger partial charge >= 0.3 is 0 Å². The molecule has 1 unspecified atom stereocenters. The Kier molecular flexibility index (Phi) is 6.02. The van der Waals surface area contributed by atoms with Gasteiger partial charge in [0, 0.05) is 41.9 Å². The van der Waals surface area contributed by atoms with Gasteiger partial charge in [-0.15, -0.1) is 0 Å². The Morgan fingerprint density at radius 3 is 2.65 bits per heavy atom. The van der Waals surface area contributed by atoms with Gasteiger partial charge in [-0.3, -0.25) is 9.78 Å². The first kappa shape index (κ1) is 22.4. The average molecular weight is 482 g/mol. The van der Waals surface area contributed by atoms with Crippen molar-refractivity contribution in [3.63, 3.8) is 0 Å². The van der Waals surface area contributed by atoms with E-state index < -0.39 is 11.6 Å². The standard InChI is InChI=1S/C25H22ClF2N5O/c1-33-5-4-19(13-33)30-22-10-16(26)9-20-24(22)31-23(32-25(20)34)6-14-2-3-21(29-12-14)15-7-17(27)11-18(28)8-15/h2-3,7-12,19,30H,4-6,13H2,1H3,(H,31,32,34). The molecule has 6 nitrogen and oxygen atoms in total. The summed E-state index contributed by atoms with van der Waals surface area (Å²) in [6, 6.07) is 10.4. The Bertz CT molecular complexity index is 1400. The van der Waals surface area contributed by atoms with E-state index in [4.69, 9.17) is 16.6 Å². The lowest BCUT2D eigenvalue weighted by Gasteiger charge is -2.16. The van der Waals surface area contributed by atoms with Crippen LogP contribution in [0.4, 0.5) is 14.5 Å². The Labute approximate surface area is 199 Å². The molecule has 1 aliphatic rings. The number of likely N-dealkylation sites (N-methyl/N-ethyl adjacent to an activating group) is 1. The monoisotopic (exact) mass is 481 g/mol. The van der Waals surface area contributed by atoms with Crippen LogP contribution in [0.3, 0.4) is 0 Å². The zero-order valence-electron chi connectivity index (χ0n) is 18.4. The number of nitrogens with one attached hydrogen (secondary N) is 2. The fraction of sp³-hybridized carbons (Fsp3) is 0.240. The molecular formula is C25H22ClF2N5O. The molecule has 1 aliphatic heterocycles. The van der Waals surface area contributed by atoms with Crippen LogP contribution in [0.2, 0.25) is 5.02 Å². The van der Waals surface area contributed by atoms with E-state index in [0.717, 1.165) is 36.8 Å². The minimum atomic E-state index is -0.660. The summed E-state index contributed by atoms with van der Waals surface area (Å²) in [5.74, 6) is -0.835. The number of rotatable bonds is 5. The van der Waals surface area contributed by atoms with Crippen molar-refractivity contribution < 1.29 is 8.78 Å². The number of likely N-dealkylation sites (tertiary alicyclic amines) is 1. The smallest absolute Gasteiger partial charge is 0.258 e. The molecule has 1 atom stereocenters. The third-order valence-corrected chi connectivity index (χ3v) is 6.15. The van der Waals surface area contributed by atoms with Gasteiger partial charge in [0.15, 0.2) is 0 Å². The van der Waals surface area contributed by atoms with Gasteiger partial charge in [0.25, 0.3) is 5.56 Å². The second kappa shape index (κ2) is 9.12. The van der Waals surface area contributed by atoms with Crippen molar-refractivity contribution >= 4 is 28.2 Å². The highest BCUT2D eigenvalue weighted by Crippen LogP contribution is 2.27. The zero-order chi connectivity index (χ0) is 23.8. The van der Waals surface area contributed by atoms with Crippen LogP contribution in [-0.2, 0) is 6.42 Å². The van der Waals surface area contributed by atoms with Gasteiger partial charge in [-0.2, -0.15) is 0 Å². The molecule has 1 fully saturated rings. The average Bonchev–Trinajstić information content (AvgIpc) is 3.19. The maximum Gasteiger partial charge on any atom is 0.258 e. The highest BCUT2D eigenvalue weighted by molar-refractivity contribution is 6.31. The fourth-order valence-electron chi connectivity index (χ4n) is 4.32. The first-order valence-electron chi connectivity index (χ1n) is 10.9. The van der Waals surface area contributed by atoms with Gasteiger partial charge in [-0.25, -0.2) is 13.8 Å². The van der Waals surface area contributed by atoms with Gasteiger partial charge in [-0.05, 0) is 55.9 Å². The van der Waals surface area contributed by atoms with Crippen molar-refractivity contribution in [3.05, 3.63) is 87.1 Å². The Morgan fingerprint density at radius 2 is 1.97 bits per heavy atom. The predicted molar refractivity (Wildman–Crippen MR) is 129 cm³/mol. The van der Waals surface area contributed by atoms with Crippen molar-refractivity contribution in [2.24, 2.45) is 0 Å². The van der Waals surface area contributed by atoms with E-state index >= 15 is 0 Å². The number of anilines is 1. The molecule has 5 rings (SSSR count). The molecule has 0 spiro atoms. The number of benzene rings is 2. The molecule has 0 radical (unpaired) electrons. The normalized spacial score (nSPS) is 16.3. The zero-order valence-corrected chi connectivity index (χ0v) is 19.2. The van der Waals surface area contributed by atoms with Crippen molar-refractivity contribution in [3.8, 4) is 11.3 Å². The second-order valence-corrected chi connectivity index (χ2v) is 9.08. The van der Waals surface area contributed by atoms with Crippen LogP contribution >= 0.6 is 11.6 Å². The third-order valence-electron chi connectivity index (χ3n) is 5.93. The first-order valence-corrected chi connectivity index (χ1v) is 11.3. The maximum atomic E-state index is 13.5. The summed E-state index contributed by atoms with van der Waals surface area (Å²) < 4.78 is 27.1. The topological polar surface area (TPSA) is 73.9 Å². The molecule has 34 heavy (non-hydrogen) atoms. The minimum absolute atomic E-state index is 0.251. The predicted octanol–water partition coefficient (Wildman–Crippen LogP) is 4.62. The first-order chi connectivity index (χ1) is 16.3. The van der Waals surface area contributed by atoms with Crippen LogP contribution in [0.1, 0.15) is 17.8 Å². The van der Waals surface area contributed by atoms with Crippen LogP contribution in [0, 0.1) is 11.6 Å². The SMILES string of the molecule is CN1CCC(Nc2cc(Cl)cc3c(=O)[nH]c(Cc4ccc(-c5cc(F)cc(F)c5)nc4)nc23)C1. The summed E-state index contributed by atoms with van der Waals surface area (Å²) in [6.07, 6.45) is 2.94. The number of aromatic amines is 1. The van der Waals surface area contributed by atoms with Crippen molar-refractivity contribution in [1.82, 2.24) is 19.9 Å². The Balaban J connectivity index is 1.44. The van der Waals surface area contributed by atoms with E-state index in [1.807, 2.05) is 0 Å². The van der Waals surface area contributed by atoms with E-state index in [9.17, 15) is 13.6 Å². The summed E-state index contributed by atoms with van der Waals surface area (Å²) >= 11 is 6.28. The lowest BCUT2D eigenvalue weighted by Crippen LogP contribution is -2.24. The number of halogens is 3. The summed E-state index contributed by atoms with van der Waals surface area (Å²) in [4.78, 5) is 26.9. The number of hydrogen-bond acceptors (Lipinski definition) is 5. The maximum absolute atomic E-state index is 13.5. The van der Waals surface area contributed by atoms with E-state index in [2.05, 4.69) is 27.2 Å². The van der Waals surface area contributed by atoms with Crippen molar-refractivity contribution in [2.45, 2.75) is 18.9 Å². The Hall–Kier alpha value is -3.36. The number of pyridine rings is 1. The number of fused-ring (bicyclic) bond motifs is 1. The molecule has 4 aromatic rings. The molecule has 0 saturated carbocycles. The lowest BCUT2D eigenvalue weighted by atomic mass is 10.1. The number of nitrogens with zero attached hydrogens (tertiary/aromatic N) is 3. The van der Waals surface area contributed by atoms with E-state index in [0.29, 0.717) is 39.4 Å². The molecule has 2 N–H and O–H groups in total. The molecule has 0 bridgehead atoms. The molecule has 3 heterocycles. The Morgan fingerprint density at radius 1 is 1.18 bits per heavy atom. The van der Waals surface area contributed by atoms with Gasteiger partial charge in [0.05, 0.1) is 16.8 Å². The lowest BCUT2D eigenvalue weighted by molar-refractivity contribution is 0.414. The molecule has 0 amide bonds. The molecule has 2 aromatic heterocycles. The molecule has 9 heteroatoms. The van der Waals surface area contributed by atoms with E-state index in [1.165, 1.54) is 12.1 Å². The molecule has 174 valence electrons. The summed E-state index contributed by atoms with van der Waals surface area (Å²) in [5, 5.41) is 4.38. The van der Waals surface area contributed by atoms with Gasteiger partial charge in [0.2, 0.25) is 0 Å². The van der Waals surface area contributed by atoms with Crippen LogP contribution in [-0.4, -0.2) is 46.0 Å². The molecule has 2 aromatic carbocycles. The van der Waals surface area contributed by atoms with E-state index in [1.54, 1.807) is 30.5 Å². The van der Waals surface area contributed by atoms with Gasteiger partial charge in [0.1, 0.15) is 23.0 Å². The molecule has 0 aliphatic carbocycles. The van der Waals surface area contributed by atoms with Crippen molar-refractivity contribution in [2.75, 3.05) is 25.5 Å². The van der Waals surface area contributed by atoms with Crippen LogP contribution in [0.5, 0.6) is 0 Å². The van der Waals surface area contributed by atoms with Gasteiger partial charge in [-0.1, -0.05) is 17.7 Å². The summed E-state index contributed by atoms with van der Waals surface area (Å²) in [7, 11) is 2.07. The van der Waals surface area contributed by atoms with Gasteiger partial charge < -0.3 is 15.2 Å². The second-order valence-electron chi connectivity index (χ2n) is 8.64. The minimum Gasteiger partial charge on any atom is -0.379 e. The quantitative estimate of drug-likeness (QED) is 0.435. The number of H-pyrrole nitrogens is 1. The molecule has 1 saturated heterocycles.